The molecule has 1 aromatic carbocycles. The molecule has 1 rings (SSSR count). The number of halogens is 1. The highest BCUT2D eigenvalue weighted by Gasteiger charge is 2.01. The maximum absolute atomic E-state index is 3.16. The smallest absolute Gasteiger partial charge is 0.140 e. The standard InChI is InChI=1S/C12H16N.HI/c1-13(2,3)11-7-10-12-8-5-4-6-9-12;/h4-6,8-9H,11H2,1-3H3;1H/q+1;/p-1. The Hall–Kier alpha value is -0.530. The second-order valence-corrected chi connectivity index (χ2v) is 4.12. The van der Waals surface area contributed by atoms with E-state index in [2.05, 4.69) is 33.0 Å². The van der Waals surface area contributed by atoms with E-state index in [9.17, 15) is 0 Å². The molecule has 0 radical (unpaired) electrons. The Morgan fingerprint density at radius 2 is 1.64 bits per heavy atom. The normalized spacial score (nSPS) is 9.64. The van der Waals surface area contributed by atoms with Gasteiger partial charge >= 0.3 is 0 Å². The van der Waals surface area contributed by atoms with E-state index in [-0.39, 0.29) is 24.0 Å². The molecule has 0 atom stereocenters. The molecule has 0 spiro atoms. The van der Waals surface area contributed by atoms with Crippen molar-refractivity contribution in [3.05, 3.63) is 35.9 Å². The molecule has 0 saturated carbocycles. The molecule has 1 nitrogen and oxygen atoms in total. The lowest BCUT2D eigenvalue weighted by Crippen LogP contribution is -3.00. The summed E-state index contributed by atoms with van der Waals surface area (Å²) in [5.74, 6) is 6.30. The fourth-order valence-electron chi connectivity index (χ4n) is 0.900. The number of hydrogen-bond donors (Lipinski definition) is 0. The second kappa shape index (κ2) is 6.05. The zero-order chi connectivity index (χ0) is 9.73. The third-order valence-electron chi connectivity index (χ3n) is 1.56. The van der Waals surface area contributed by atoms with Crippen LogP contribution in [0, 0.1) is 11.8 Å². The minimum atomic E-state index is 0. The fraction of sp³-hybridized carbons (Fsp3) is 0.333. The van der Waals surface area contributed by atoms with E-state index in [1.54, 1.807) is 0 Å². The van der Waals surface area contributed by atoms with Crippen LogP contribution in [0.2, 0.25) is 0 Å². The molecule has 0 bridgehead atoms. The van der Waals surface area contributed by atoms with Crippen molar-refractivity contribution in [3.8, 4) is 11.8 Å². The van der Waals surface area contributed by atoms with Crippen LogP contribution in [0.1, 0.15) is 5.56 Å². The summed E-state index contributed by atoms with van der Waals surface area (Å²) in [7, 11) is 6.42. The minimum Gasteiger partial charge on any atom is -1.00 e. The molecule has 0 aliphatic heterocycles. The largest absolute Gasteiger partial charge is 1.00 e. The summed E-state index contributed by atoms with van der Waals surface area (Å²) in [5.41, 5.74) is 1.09. The van der Waals surface area contributed by atoms with E-state index in [0.29, 0.717) is 0 Å². The molecule has 0 heterocycles. The Morgan fingerprint density at radius 3 is 2.14 bits per heavy atom. The van der Waals surface area contributed by atoms with Crippen LogP contribution in [0.25, 0.3) is 0 Å². The highest BCUT2D eigenvalue weighted by molar-refractivity contribution is 5.33. The zero-order valence-corrected chi connectivity index (χ0v) is 11.1. The third kappa shape index (κ3) is 6.01. The van der Waals surface area contributed by atoms with Crippen LogP contribution >= 0.6 is 0 Å². The number of hydrogen-bond acceptors (Lipinski definition) is 0. The minimum absolute atomic E-state index is 0. The van der Waals surface area contributed by atoms with Gasteiger partial charge < -0.3 is 28.5 Å². The monoisotopic (exact) mass is 301 g/mol. The lowest BCUT2D eigenvalue weighted by molar-refractivity contribution is -0.862. The van der Waals surface area contributed by atoms with Gasteiger partial charge in [0, 0.05) is 5.56 Å². The van der Waals surface area contributed by atoms with Gasteiger partial charge in [0.1, 0.15) is 6.54 Å². The van der Waals surface area contributed by atoms with Gasteiger partial charge in [-0.2, -0.15) is 0 Å². The topological polar surface area (TPSA) is 0 Å². The summed E-state index contributed by atoms with van der Waals surface area (Å²) in [6, 6.07) is 10.1. The number of rotatable bonds is 1. The first kappa shape index (κ1) is 13.5. The van der Waals surface area contributed by atoms with Crippen molar-refractivity contribution in [2.45, 2.75) is 0 Å². The van der Waals surface area contributed by atoms with Crippen LogP contribution in [-0.4, -0.2) is 32.2 Å². The van der Waals surface area contributed by atoms with Crippen LogP contribution in [0.5, 0.6) is 0 Å². The van der Waals surface area contributed by atoms with Crippen LogP contribution in [-0.2, 0) is 0 Å². The average Bonchev–Trinajstić information content (AvgIpc) is 2.04. The van der Waals surface area contributed by atoms with Crippen LogP contribution in [0.4, 0.5) is 0 Å². The lowest BCUT2D eigenvalue weighted by atomic mass is 10.2. The number of quaternary nitrogens is 1. The molecule has 14 heavy (non-hydrogen) atoms. The Bertz CT molecular complexity index is 314. The van der Waals surface area contributed by atoms with E-state index in [1.807, 2.05) is 30.3 Å². The lowest BCUT2D eigenvalue weighted by Gasteiger charge is -2.19. The van der Waals surface area contributed by atoms with Crippen molar-refractivity contribution in [1.82, 2.24) is 0 Å². The van der Waals surface area contributed by atoms with Crippen LogP contribution in [0.3, 0.4) is 0 Å². The Kier molecular flexibility index (Phi) is 5.82. The molecular weight excluding hydrogens is 285 g/mol. The van der Waals surface area contributed by atoms with Crippen molar-refractivity contribution in [3.63, 3.8) is 0 Å². The maximum atomic E-state index is 3.16. The van der Waals surface area contributed by atoms with Crippen molar-refractivity contribution < 1.29 is 28.5 Å². The Balaban J connectivity index is 0.00000169. The van der Waals surface area contributed by atoms with Crippen molar-refractivity contribution in [1.29, 1.82) is 0 Å². The van der Waals surface area contributed by atoms with E-state index < -0.39 is 0 Å². The SMILES string of the molecule is C[N+](C)(C)CC#Cc1ccccc1.[I-]. The van der Waals surface area contributed by atoms with Gasteiger partial charge in [0.25, 0.3) is 0 Å². The van der Waals surface area contributed by atoms with Gasteiger partial charge in [0.05, 0.1) is 21.1 Å². The number of nitrogens with zero attached hydrogens (tertiary/aromatic N) is 1. The third-order valence-corrected chi connectivity index (χ3v) is 1.56. The molecule has 0 fully saturated rings. The van der Waals surface area contributed by atoms with E-state index in [0.717, 1.165) is 16.6 Å². The van der Waals surface area contributed by atoms with Gasteiger partial charge in [-0.1, -0.05) is 24.1 Å². The fourth-order valence-corrected chi connectivity index (χ4v) is 0.900. The summed E-state index contributed by atoms with van der Waals surface area (Å²) in [6.45, 7) is 0.884. The zero-order valence-electron chi connectivity index (χ0n) is 8.92. The summed E-state index contributed by atoms with van der Waals surface area (Å²) >= 11 is 0. The van der Waals surface area contributed by atoms with Crippen LogP contribution in [0.15, 0.2) is 30.3 Å². The molecule has 76 valence electrons. The first-order chi connectivity index (χ1) is 6.08. The quantitative estimate of drug-likeness (QED) is 0.345. The second-order valence-electron chi connectivity index (χ2n) is 4.12. The van der Waals surface area contributed by atoms with Gasteiger partial charge in [-0.25, -0.2) is 0 Å². The Morgan fingerprint density at radius 1 is 1.07 bits per heavy atom. The molecule has 2 heteroatoms. The van der Waals surface area contributed by atoms with E-state index >= 15 is 0 Å². The molecular formula is C12H16IN. The molecule has 0 amide bonds. The molecule has 0 unspecified atom stereocenters. The van der Waals surface area contributed by atoms with Crippen molar-refractivity contribution in [2.75, 3.05) is 27.7 Å². The first-order valence-electron chi connectivity index (χ1n) is 4.42. The highest BCUT2D eigenvalue weighted by Crippen LogP contribution is 1.95. The maximum Gasteiger partial charge on any atom is 0.140 e. The van der Waals surface area contributed by atoms with Crippen molar-refractivity contribution >= 4 is 0 Å². The predicted octanol–water partition coefficient (Wildman–Crippen LogP) is -1.25. The summed E-state index contributed by atoms with van der Waals surface area (Å²) in [4.78, 5) is 0. The van der Waals surface area contributed by atoms with Gasteiger partial charge in [-0.05, 0) is 18.1 Å². The average molecular weight is 301 g/mol. The molecule has 1 aromatic rings. The first-order valence-corrected chi connectivity index (χ1v) is 4.42. The summed E-state index contributed by atoms with van der Waals surface area (Å²) < 4.78 is 0.889. The molecule has 0 aromatic heterocycles. The number of benzene rings is 1. The van der Waals surface area contributed by atoms with Gasteiger partial charge in [0.2, 0.25) is 0 Å². The summed E-state index contributed by atoms with van der Waals surface area (Å²) in [5, 5.41) is 0. The van der Waals surface area contributed by atoms with Crippen LogP contribution < -0.4 is 24.0 Å². The Labute approximate surface area is 104 Å². The predicted molar refractivity (Wildman–Crippen MR) is 56.2 cm³/mol. The van der Waals surface area contributed by atoms with Gasteiger partial charge in [-0.15, -0.1) is 0 Å². The molecule has 0 aliphatic carbocycles. The highest BCUT2D eigenvalue weighted by atomic mass is 127. The molecule has 0 N–H and O–H groups in total. The van der Waals surface area contributed by atoms with Gasteiger partial charge in [-0.3, -0.25) is 0 Å². The van der Waals surface area contributed by atoms with Gasteiger partial charge in [0.15, 0.2) is 0 Å². The summed E-state index contributed by atoms with van der Waals surface area (Å²) in [6.07, 6.45) is 0. The molecule has 0 aliphatic rings. The van der Waals surface area contributed by atoms with Crippen molar-refractivity contribution in [2.24, 2.45) is 0 Å². The van der Waals surface area contributed by atoms with E-state index in [4.69, 9.17) is 0 Å². The molecule has 0 saturated heterocycles. The van der Waals surface area contributed by atoms with E-state index in [1.165, 1.54) is 0 Å².